The van der Waals surface area contributed by atoms with E-state index in [2.05, 4.69) is 15.1 Å². The first kappa shape index (κ1) is 27.9. The van der Waals surface area contributed by atoms with Crippen molar-refractivity contribution in [1.29, 1.82) is 0 Å². The van der Waals surface area contributed by atoms with Gasteiger partial charge in [0.25, 0.3) is 0 Å². The molecular formula is C20H29ClN5NaO3S. The quantitative estimate of drug-likeness (QED) is 0.612. The summed E-state index contributed by atoms with van der Waals surface area (Å²) in [6.07, 6.45) is 0. The minimum atomic E-state index is -4.26. The number of carbonyl (C=O) groups is 1. The molecule has 11 heteroatoms. The maximum absolute atomic E-state index is 12.6. The zero-order chi connectivity index (χ0) is 22.8. The molecule has 8 nitrogen and oxygen atoms in total. The molecule has 0 unspecified atom stereocenters. The van der Waals surface area contributed by atoms with E-state index in [9.17, 15) is 13.2 Å². The molecule has 0 spiro atoms. The summed E-state index contributed by atoms with van der Waals surface area (Å²) < 4.78 is 30.2. The molecular weight excluding hydrogens is 449 g/mol. The van der Waals surface area contributed by atoms with Crippen molar-refractivity contribution in [2.45, 2.75) is 51.1 Å². The van der Waals surface area contributed by atoms with Crippen LogP contribution in [0.15, 0.2) is 23.2 Å². The van der Waals surface area contributed by atoms with Crippen molar-refractivity contribution < 1.29 is 42.8 Å². The van der Waals surface area contributed by atoms with Crippen molar-refractivity contribution in [2.75, 3.05) is 19.4 Å². The Balaban J connectivity index is 0.00000480. The van der Waals surface area contributed by atoms with Gasteiger partial charge in [-0.05, 0) is 60.9 Å². The number of sulfonamides is 1. The molecule has 2 amide bonds. The molecule has 31 heavy (non-hydrogen) atoms. The maximum atomic E-state index is 12.6. The van der Waals surface area contributed by atoms with Gasteiger partial charge in [-0.2, -0.15) is 5.10 Å². The standard InChI is InChI=1S/C20H30ClN5O3S.Na/c1-12(2)16-8-14(21)9-17(13(3)4)19(16)22-20(27)24-30(28,29)18-10-15(11-25(5)6)26(7)23-18;/h8-10,12-13H,11H2,1-7H3,(H2,22,24,27);/q;+1/p-1. The van der Waals surface area contributed by atoms with Crippen molar-refractivity contribution in [3.8, 4) is 0 Å². The Morgan fingerprint density at radius 3 is 2.13 bits per heavy atom. The molecule has 0 bridgehead atoms. The number of hydrogen-bond acceptors (Lipinski definition) is 5. The number of amides is 2. The van der Waals surface area contributed by atoms with E-state index < -0.39 is 16.1 Å². The third kappa shape index (κ3) is 7.20. The molecule has 0 aliphatic heterocycles. The molecule has 1 aromatic heterocycles. The number of hydrogen-bond donors (Lipinski definition) is 1. The topological polar surface area (TPSA) is 98.4 Å². The number of aromatic nitrogens is 2. The van der Waals surface area contributed by atoms with Crippen molar-refractivity contribution in [1.82, 2.24) is 14.7 Å². The normalized spacial score (nSPS) is 11.7. The number of nitrogens with one attached hydrogen (secondary N) is 1. The molecule has 0 fully saturated rings. The molecule has 1 heterocycles. The number of halogens is 1. The molecule has 0 aliphatic rings. The van der Waals surface area contributed by atoms with E-state index in [0.717, 1.165) is 11.1 Å². The van der Waals surface area contributed by atoms with Crippen LogP contribution in [0.4, 0.5) is 10.5 Å². The van der Waals surface area contributed by atoms with Gasteiger partial charge in [-0.3, -0.25) is 9.48 Å². The minimum absolute atomic E-state index is 0. The Morgan fingerprint density at radius 2 is 1.68 bits per heavy atom. The third-order valence-corrected chi connectivity index (χ3v) is 5.89. The number of urea groups is 1. The van der Waals surface area contributed by atoms with Crippen LogP contribution in [0.3, 0.4) is 0 Å². The molecule has 166 valence electrons. The molecule has 0 aliphatic carbocycles. The average molecular weight is 478 g/mol. The van der Waals surface area contributed by atoms with Crippen LogP contribution in [-0.4, -0.2) is 43.2 Å². The Bertz CT molecular complexity index is 1010. The molecule has 1 N–H and O–H groups in total. The summed E-state index contributed by atoms with van der Waals surface area (Å²) in [5.41, 5.74) is 2.87. The Labute approximate surface area is 212 Å². The van der Waals surface area contributed by atoms with E-state index in [1.165, 1.54) is 10.7 Å². The van der Waals surface area contributed by atoms with Gasteiger partial charge in [0, 0.05) is 18.6 Å². The van der Waals surface area contributed by atoms with Gasteiger partial charge in [0.1, 0.15) is 0 Å². The van der Waals surface area contributed by atoms with E-state index in [4.69, 9.17) is 11.6 Å². The number of aryl methyl sites for hydroxylation is 1. The first-order valence-corrected chi connectivity index (χ1v) is 11.4. The summed E-state index contributed by atoms with van der Waals surface area (Å²) in [7, 11) is 1.12. The number of nitrogens with zero attached hydrogens (tertiary/aromatic N) is 4. The number of rotatable bonds is 7. The van der Waals surface area contributed by atoms with Crippen LogP contribution in [0, 0.1) is 0 Å². The van der Waals surface area contributed by atoms with Crippen LogP contribution in [0.1, 0.15) is 56.4 Å². The van der Waals surface area contributed by atoms with E-state index >= 15 is 0 Å². The first-order chi connectivity index (χ1) is 13.8. The molecule has 0 radical (unpaired) electrons. The largest absolute Gasteiger partial charge is 1.00 e. The van der Waals surface area contributed by atoms with Crippen molar-refractivity contribution in [3.63, 3.8) is 0 Å². The second-order valence-corrected chi connectivity index (χ2v) is 10.1. The van der Waals surface area contributed by atoms with Crippen LogP contribution >= 0.6 is 11.6 Å². The fourth-order valence-electron chi connectivity index (χ4n) is 3.07. The van der Waals surface area contributed by atoms with Gasteiger partial charge in [-0.25, -0.2) is 8.42 Å². The van der Waals surface area contributed by atoms with Gasteiger partial charge < -0.3 is 14.9 Å². The summed E-state index contributed by atoms with van der Waals surface area (Å²) >= 11 is 6.24. The predicted molar refractivity (Wildman–Crippen MR) is 120 cm³/mol. The molecule has 2 rings (SSSR count). The molecule has 0 saturated heterocycles. The Kier molecular flexibility index (Phi) is 10.1. The monoisotopic (exact) mass is 477 g/mol. The second kappa shape index (κ2) is 11.2. The van der Waals surface area contributed by atoms with E-state index in [-0.39, 0.29) is 46.4 Å². The summed E-state index contributed by atoms with van der Waals surface area (Å²) in [5, 5.41) is 6.97. The number of benzene rings is 1. The molecule has 2 aromatic rings. The van der Waals surface area contributed by atoms with Crippen LogP contribution in [0.25, 0.3) is 4.72 Å². The summed E-state index contributed by atoms with van der Waals surface area (Å²) in [6.45, 7) is 8.39. The van der Waals surface area contributed by atoms with Gasteiger partial charge in [-0.15, -0.1) is 0 Å². The van der Waals surface area contributed by atoms with Crippen LogP contribution in [0.2, 0.25) is 5.02 Å². The van der Waals surface area contributed by atoms with Crippen molar-refractivity contribution in [3.05, 3.63) is 44.8 Å². The SMILES string of the molecule is CC(C)c1cc(Cl)cc(C(C)C)c1NC(=O)[N-]S(=O)(=O)c1cc(CN(C)C)n(C)n1.[Na+]. The second-order valence-electron chi connectivity index (χ2n) is 8.10. The van der Waals surface area contributed by atoms with Gasteiger partial charge in [0.15, 0.2) is 11.1 Å². The summed E-state index contributed by atoms with van der Waals surface area (Å²) in [6, 6.07) is 4.00. The van der Waals surface area contributed by atoms with E-state index in [1.807, 2.05) is 46.7 Å². The summed E-state index contributed by atoms with van der Waals surface area (Å²) in [5.74, 6) is 0.134. The minimum Gasteiger partial charge on any atom is -0.423 e. The average Bonchev–Trinajstić information content (AvgIpc) is 2.96. The van der Waals surface area contributed by atoms with Crippen molar-refractivity contribution in [2.24, 2.45) is 7.05 Å². The maximum Gasteiger partial charge on any atom is 1.00 e. The third-order valence-electron chi connectivity index (χ3n) is 4.54. The number of carbonyl (C=O) groups excluding carboxylic acids is 1. The molecule has 1 aromatic carbocycles. The molecule has 0 atom stereocenters. The summed E-state index contributed by atoms with van der Waals surface area (Å²) in [4.78, 5) is 14.5. The number of anilines is 1. The van der Waals surface area contributed by atoms with E-state index in [0.29, 0.717) is 22.9 Å². The first-order valence-electron chi connectivity index (χ1n) is 9.61. The van der Waals surface area contributed by atoms with E-state index in [1.54, 1.807) is 19.2 Å². The zero-order valence-electron chi connectivity index (χ0n) is 19.4. The van der Waals surface area contributed by atoms with Crippen LogP contribution in [-0.2, 0) is 23.6 Å². The predicted octanol–water partition coefficient (Wildman–Crippen LogP) is 1.68. The van der Waals surface area contributed by atoms with Gasteiger partial charge in [0.05, 0.1) is 5.69 Å². The molecule has 0 saturated carbocycles. The smallest absolute Gasteiger partial charge is 0.423 e. The van der Waals surface area contributed by atoms with Crippen LogP contribution in [0.5, 0.6) is 0 Å². The zero-order valence-corrected chi connectivity index (χ0v) is 23.0. The van der Waals surface area contributed by atoms with Crippen molar-refractivity contribution >= 4 is 33.3 Å². The Morgan fingerprint density at radius 1 is 1.16 bits per heavy atom. The Hall–Kier alpha value is -1.10. The van der Waals surface area contributed by atoms with Gasteiger partial charge in [0.2, 0.25) is 10.0 Å². The van der Waals surface area contributed by atoms with Gasteiger partial charge in [-0.1, -0.05) is 39.3 Å². The fourth-order valence-corrected chi connectivity index (χ4v) is 4.17. The van der Waals surface area contributed by atoms with Gasteiger partial charge >= 0.3 is 29.6 Å². The van der Waals surface area contributed by atoms with Crippen LogP contribution < -0.4 is 34.9 Å². The fraction of sp³-hybridized carbons (Fsp3) is 0.500.